The van der Waals surface area contributed by atoms with Crippen LogP contribution in [-0.2, 0) is 9.53 Å². The molecule has 16 heavy (non-hydrogen) atoms. The minimum Gasteiger partial charge on any atom is -0.462 e. The van der Waals surface area contributed by atoms with E-state index in [2.05, 4.69) is 16.9 Å². The minimum absolute atomic E-state index is 0.0295. The van der Waals surface area contributed by atoms with Gasteiger partial charge in [0.1, 0.15) is 6.61 Å². The van der Waals surface area contributed by atoms with E-state index in [0.717, 1.165) is 12.8 Å². The number of hydrogen-bond donors (Lipinski definition) is 0. The molecule has 2 unspecified atom stereocenters. The fourth-order valence-corrected chi connectivity index (χ4v) is 1.38. The van der Waals surface area contributed by atoms with Crippen molar-refractivity contribution < 1.29 is 9.53 Å². The summed E-state index contributed by atoms with van der Waals surface area (Å²) in [5.74, 6) is 0.184. The number of ether oxygens (including phenoxy) is 1. The van der Waals surface area contributed by atoms with Crippen LogP contribution in [0, 0.1) is 5.92 Å². The maximum atomic E-state index is 10.5. The second-order valence-electron chi connectivity index (χ2n) is 3.90. The van der Waals surface area contributed by atoms with Gasteiger partial charge in [-0.15, -0.1) is 0 Å². The molecule has 0 aromatic rings. The summed E-state index contributed by atoms with van der Waals surface area (Å²) < 4.78 is 4.75. The Balaban J connectivity index is 3.67. The van der Waals surface area contributed by atoms with Crippen molar-refractivity contribution in [2.75, 3.05) is 6.61 Å². The van der Waals surface area contributed by atoms with E-state index in [9.17, 15) is 4.79 Å². The van der Waals surface area contributed by atoms with Crippen molar-refractivity contribution in [2.24, 2.45) is 11.0 Å². The molecule has 0 saturated heterocycles. The SMILES string of the molecule is CC(=O)OC/C=C/CC(C)CC(C)N=[N+]=[N-]. The van der Waals surface area contributed by atoms with Crippen LogP contribution in [0.15, 0.2) is 17.3 Å². The van der Waals surface area contributed by atoms with E-state index < -0.39 is 0 Å². The van der Waals surface area contributed by atoms with Gasteiger partial charge < -0.3 is 4.74 Å². The number of allylic oxidation sites excluding steroid dienone is 1. The summed E-state index contributed by atoms with van der Waals surface area (Å²) in [5, 5.41) is 3.62. The number of esters is 1. The normalized spacial score (nSPS) is 14.2. The van der Waals surface area contributed by atoms with Gasteiger partial charge in [-0.05, 0) is 24.3 Å². The Hall–Kier alpha value is -1.48. The largest absolute Gasteiger partial charge is 0.462 e. The van der Waals surface area contributed by atoms with Crippen LogP contribution in [-0.4, -0.2) is 18.6 Å². The highest BCUT2D eigenvalue weighted by Crippen LogP contribution is 2.13. The van der Waals surface area contributed by atoms with E-state index in [4.69, 9.17) is 10.3 Å². The summed E-state index contributed by atoms with van der Waals surface area (Å²) in [6, 6.07) is 0.0295. The predicted molar refractivity (Wildman–Crippen MR) is 62.8 cm³/mol. The fourth-order valence-electron chi connectivity index (χ4n) is 1.38. The van der Waals surface area contributed by atoms with Crippen molar-refractivity contribution >= 4 is 5.97 Å². The van der Waals surface area contributed by atoms with Crippen molar-refractivity contribution in [1.29, 1.82) is 0 Å². The first kappa shape index (κ1) is 14.5. The first-order chi connectivity index (χ1) is 7.56. The molecule has 0 amide bonds. The van der Waals surface area contributed by atoms with Crippen LogP contribution in [0.1, 0.15) is 33.6 Å². The van der Waals surface area contributed by atoms with E-state index in [1.54, 1.807) is 0 Å². The zero-order valence-electron chi connectivity index (χ0n) is 10.1. The summed E-state index contributed by atoms with van der Waals surface area (Å²) >= 11 is 0. The van der Waals surface area contributed by atoms with Crippen LogP contribution in [0.25, 0.3) is 10.4 Å². The number of carbonyl (C=O) groups excluding carboxylic acids is 1. The fraction of sp³-hybridized carbons (Fsp3) is 0.727. The minimum atomic E-state index is -0.269. The molecular weight excluding hydrogens is 206 g/mol. The Bertz CT molecular complexity index is 283. The lowest BCUT2D eigenvalue weighted by molar-refractivity contribution is -0.139. The zero-order valence-corrected chi connectivity index (χ0v) is 10.1. The Morgan fingerprint density at radius 1 is 1.50 bits per heavy atom. The van der Waals surface area contributed by atoms with Crippen molar-refractivity contribution in [2.45, 2.75) is 39.7 Å². The maximum absolute atomic E-state index is 10.5. The molecule has 0 heterocycles. The number of carbonyl (C=O) groups is 1. The van der Waals surface area contributed by atoms with Crippen LogP contribution in [0.4, 0.5) is 0 Å². The Labute approximate surface area is 96.1 Å². The standard InChI is InChI=1S/C11H19N3O2/c1-9(8-10(2)13-14-12)6-4-5-7-16-11(3)15/h4-5,9-10H,6-8H2,1-3H3/b5-4+. The number of azide groups is 1. The topological polar surface area (TPSA) is 75.1 Å². The molecule has 0 rings (SSSR count). The predicted octanol–water partition coefficient (Wildman–Crippen LogP) is 3.22. The average molecular weight is 225 g/mol. The molecule has 5 nitrogen and oxygen atoms in total. The Morgan fingerprint density at radius 2 is 2.19 bits per heavy atom. The molecule has 0 aliphatic heterocycles. The maximum Gasteiger partial charge on any atom is 0.302 e. The van der Waals surface area contributed by atoms with Gasteiger partial charge in [0.15, 0.2) is 0 Å². The lowest BCUT2D eigenvalue weighted by Gasteiger charge is -2.10. The van der Waals surface area contributed by atoms with Gasteiger partial charge in [-0.3, -0.25) is 4.79 Å². The second-order valence-corrected chi connectivity index (χ2v) is 3.90. The van der Waals surface area contributed by atoms with Gasteiger partial charge in [0.05, 0.1) is 0 Å². The van der Waals surface area contributed by atoms with Gasteiger partial charge in [0.25, 0.3) is 0 Å². The van der Waals surface area contributed by atoms with Crippen LogP contribution in [0.3, 0.4) is 0 Å². The molecule has 5 heteroatoms. The Kier molecular flexibility index (Phi) is 7.98. The first-order valence-corrected chi connectivity index (χ1v) is 5.38. The summed E-state index contributed by atoms with van der Waals surface area (Å²) in [4.78, 5) is 13.2. The van der Waals surface area contributed by atoms with E-state index >= 15 is 0 Å². The third kappa shape index (κ3) is 9.09. The summed E-state index contributed by atoms with van der Waals surface area (Å²) in [6.07, 6.45) is 5.57. The highest BCUT2D eigenvalue weighted by atomic mass is 16.5. The summed E-state index contributed by atoms with van der Waals surface area (Å²) in [7, 11) is 0. The molecule has 0 aliphatic carbocycles. The van der Waals surface area contributed by atoms with Crippen molar-refractivity contribution in [3.05, 3.63) is 22.6 Å². The van der Waals surface area contributed by atoms with Gasteiger partial charge in [-0.1, -0.05) is 31.1 Å². The van der Waals surface area contributed by atoms with E-state index in [0.29, 0.717) is 12.5 Å². The average Bonchev–Trinajstić information content (AvgIpc) is 2.16. The molecule has 2 atom stereocenters. The smallest absolute Gasteiger partial charge is 0.302 e. The van der Waals surface area contributed by atoms with E-state index in [-0.39, 0.29) is 12.0 Å². The molecule has 0 saturated carbocycles. The molecule has 0 bridgehead atoms. The highest BCUT2D eigenvalue weighted by molar-refractivity contribution is 5.65. The van der Waals surface area contributed by atoms with Gasteiger partial charge in [-0.25, -0.2) is 0 Å². The number of nitrogens with zero attached hydrogens (tertiary/aromatic N) is 3. The molecule has 0 aromatic heterocycles. The highest BCUT2D eigenvalue weighted by Gasteiger charge is 2.05. The third-order valence-corrected chi connectivity index (χ3v) is 2.08. The lowest BCUT2D eigenvalue weighted by atomic mass is 10.00. The molecule has 90 valence electrons. The number of hydrogen-bond acceptors (Lipinski definition) is 3. The first-order valence-electron chi connectivity index (χ1n) is 5.38. The molecule has 0 aromatic carbocycles. The van der Waals surface area contributed by atoms with Crippen LogP contribution >= 0.6 is 0 Å². The zero-order chi connectivity index (χ0) is 12.4. The molecule has 0 fully saturated rings. The molecule has 0 N–H and O–H groups in total. The van der Waals surface area contributed by atoms with Gasteiger partial charge in [0.2, 0.25) is 0 Å². The van der Waals surface area contributed by atoms with Gasteiger partial charge >= 0.3 is 5.97 Å². The Morgan fingerprint density at radius 3 is 2.75 bits per heavy atom. The van der Waals surface area contributed by atoms with Crippen LogP contribution in [0.2, 0.25) is 0 Å². The molecule has 0 spiro atoms. The number of rotatable bonds is 7. The molecule has 0 aliphatic rings. The quantitative estimate of drug-likeness (QED) is 0.219. The van der Waals surface area contributed by atoms with Gasteiger partial charge in [-0.2, -0.15) is 0 Å². The van der Waals surface area contributed by atoms with Gasteiger partial charge in [0, 0.05) is 17.9 Å². The van der Waals surface area contributed by atoms with E-state index in [1.807, 2.05) is 19.1 Å². The van der Waals surface area contributed by atoms with E-state index in [1.165, 1.54) is 6.92 Å². The van der Waals surface area contributed by atoms with Crippen LogP contribution in [0.5, 0.6) is 0 Å². The monoisotopic (exact) mass is 225 g/mol. The molecule has 0 radical (unpaired) electrons. The third-order valence-electron chi connectivity index (χ3n) is 2.08. The second kappa shape index (κ2) is 8.80. The summed E-state index contributed by atoms with van der Waals surface area (Å²) in [6.45, 7) is 5.71. The van der Waals surface area contributed by atoms with Crippen molar-refractivity contribution in [3.8, 4) is 0 Å². The van der Waals surface area contributed by atoms with Crippen molar-refractivity contribution in [3.63, 3.8) is 0 Å². The molecular formula is C11H19N3O2. The lowest BCUT2D eigenvalue weighted by Crippen LogP contribution is -2.04. The summed E-state index contributed by atoms with van der Waals surface area (Å²) in [5.41, 5.74) is 8.24. The van der Waals surface area contributed by atoms with Crippen LogP contribution < -0.4 is 0 Å². The van der Waals surface area contributed by atoms with Crippen molar-refractivity contribution in [1.82, 2.24) is 0 Å².